The summed E-state index contributed by atoms with van der Waals surface area (Å²) in [6, 6.07) is 8.89. The van der Waals surface area contributed by atoms with Crippen molar-refractivity contribution < 1.29 is 22.8 Å². The number of halogens is 3. The van der Waals surface area contributed by atoms with Gasteiger partial charge in [0, 0.05) is 0 Å². The summed E-state index contributed by atoms with van der Waals surface area (Å²) in [6.45, 7) is 1.24. The van der Waals surface area contributed by atoms with Crippen LogP contribution in [0.4, 0.5) is 18.9 Å². The van der Waals surface area contributed by atoms with Crippen LogP contribution in [0.25, 0.3) is 11.0 Å². The molecule has 0 unspecified atom stereocenters. The van der Waals surface area contributed by atoms with Gasteiger partial charge in [-0.1, -0.05) is 12.1 Å². The van der Waals surface area contributed by atoms with Gasteiger partial charge in [0.05, 0.1) is 23.3 Å². The summed E-state index contributed by atoms with van der Waals surface area (Å²) in [7, 11) is 0. The predicted molar refractivity (Wildman–Crippen MR) is 92.4 cm³/mol. The van der Waals surface area contributed by atoms with Crippen molar-refractivity contribution in [3.8, 4) is 0 Å². The average Bonchev–Trinajstić information content (AvgIpc) is 2.96. The van der Waals surface area contributed by atoms with E-state index in [4.69, 9.17) is 0 Å². The third kappa shape index (κ3) is 3.91. The molecule has 6 nitrogen and oxygen atoms in total. The number of hydrogen-bond acceptors (Lipinski definition) is 3. The summed E-state index contributed by atoms with van der Waals surface area (Å²) >= 11 is 0. The topological polar surface area (TPSA) is 76.0 Å². The largest absolute Gasteiger partial charge is 0.345 e. The minimum atomic E-state index is -1.68. The highest BCUT2D eigenvalue weighted by Gasteiger charge is 2.16. The Labute approximate surface area is 152 Å². The minimum absolute atomic E-state index is 0.0564. The van der Waals surface area contributed by atoms with Crippen molar-refractivity contribution in [1.29, 1.82) is 0 Å². The Kier molecular flexibility index (Phi) is 5.11. The summed E-state index contributed by atoms with van der Waals surface area (Å²) in [6.07, 6.45) is 0. The van der Waals surface area contributed by atoms with Crippen molar-refractivity contribution in [3.63, 3.8) is 0 Å². The molecule has 0 bridgehead atoms. The first-order valence-electron chi connectivity index (χ1n) is 7.98. The van der Waals surface area contributed by atoms with E-state index in [1.54, 1.807) is 11.5 Å². The molecule has 0 saturated heterocycles. The molecule has 2 N–H and O–H groups in total. The van der Waals surface area contributed by atoms with Gasteiger partial charge in [-0.2, -0.15) is 0 Å². The van der Waals surface area contributed by atoms with E-state index in [0.29, 0.717) is 11.9 Å². The summed E-state index contributed by atoms with van der Waals surface area (Å²) in [5.74, 6) is -5.14. The molecule has 3 aromatic rings. The molecule has 0 aliphatic rings. The molecular weight excluding hydrogens is 361 g/mol. The van der Waals surface area contributed by atoms with E-state index in [1.807, 2.05) is 24.3 Å². The van der Waals surface area contributed by atoms with Gasteiger partial charge in [0.1, 0.15) is 12.4 Å². The van der Waals surface area contributed by atoms with E-state index in [-0.39, 0.29) is 6.54 Å². The van der Waals surface area contributed by atoms with Crippen LogP contribution in [0.5, 0.6) is 0 Å². The van der Waals surface area contributed by atoms with Crippen LogP contribution in [0.3, 0.4) is 0 Å². The Morgan fingerprint density at radius 2 is 1.78 bits per heavy atom. The van der Waals surface area contributed by atoms with Crippen molar-refractivity contribution in [2.24, 2.45) is 0 Å². The first-order chi connectivity index (χ1) is 12.9. The zero-order valence-electron chi connectivity index (χ0n) is 14.2. The number of hydrogen-bond donors (Lipinski definition) is 2. The number of para-hydroxylation sites is 2. The second-order valence-corrected chi connectivity index (χ2v) is 5.78. The Balaban J connectivity index is 1.60. The zero-order valence-corrected chi connectivity index (χ0v) is 14.2. The van der Waals surface area contributed by atoms with Crippen LogP contribution in [0.1, 0.15) is 5.82 Å². The van der Waals surface area contributed by atoms with Crippen molar-refractivity contribution >= 4 is 28.5 Å². The smallest absolute Gasteiger partial charge is 0.243 e. The van der Waals surface area contributed by atoms with E-state index in [2.05, 4.69) is 15.6 Å². The summed E-state index contributed by atoms with van der Waals surface area (Å²) in [5.41, 5.74) is 1.01. The third-order valence-electron chi connectivity index (χ3n) is 3.90. The Bertz CT molecular complexity index is 1030. The number of benzene rings is 2. The molecule has 1 heterocycles. The summed E-state index contributed by atoms with van der Waals surface area (Å²) in [5, 5.41) is 4.47. The fourth-order valence-electron chi connectivity index (χ4n) is 2.59. The standard InChI is InChI=1S/C18H15F3N4O2/c1-10-23-12-4-2-3-5-14(12)25(10)9-16(27)22-8-15(26)24-13-7-6-11(19)17(20)18(13)21/h2-7H,8-9H2,1H3,(H,22,27)(H,24,26). The van der Waals surface area contributed by atoms with Crippen molar-refractivity contribution in [1.82, 2.24) is 14.9 Å². The van der Waals surface area contributed by atoms with Gasteiger partial charge in [0.15, 0.2) is 17.5 Å². The number of nitrogens with zero attached hydrogens (tertiary/aromatic N) is 2. The van der Waals surface area contributed by atoms with Gasteiger partial charge >= 0.3 is 0 Å². The van der Waals surface area contributed by atoms with Gasteiger partial charge in [-0.15, -0.1) is 0 Å². The van der Waals surface area contributed by atoms with Crippen molar-refractivity contribution in [3.05, 3.63) is 59.7 Å². The Hall–Kier alpha value is -3.36. The molecule has 2 amide bonds. The SMILES string of the molecule is Cc1nc2ccccc2n1CC(=O)NCC(=O)Nc1ccc(F)c(F)c1F. The van der Waals surface area contributed by atoms with Crippen LogP contribution in [-0.4, -0.2) is 27.9 Å². The Morgan fingerprint density at radius 1 is 1.04 bits per heavy atom. The van der Waals surface area contributed by atoms with E-state index in [9.17, 15) is 22.8 Å². The number of carbonyl (C=O) groups excluding carboxylic acids is 2. The van der Waals surface area contributed by atoms with Crippen LogP contribution in [0.15, 0.2) is 36.4 Å². The monoisotopic (exact) mass is 376 g/mol. The fourth-order valence-corrected chi connectivity index (χ4v) is 2.59. The molecular formula is C18H15F3N4O2. The van der Waals surface area contributed by atoms with Gasteiger partial charge in [-0.25, -0.2) is 18.2 Å². The first-order valence-corrected chi connectivity index (χ1v) is 7.98. The molecule has 0 aliphatic carbocycles. The molecule has 0 radical (unpaired) electrons. The molecule has 2 aromatic carbocycles. The number of anilines is 1. The van der Waals surface area contributed by atoms with Crippen LogP contribution >= 0.6 is 0 Å². The molecule has 0 atom stereocenters. The van der Waals surface area contributed by atoms with Gasteiger partial charge in [-0.3, -0.25) is 9.59 Å². The molecule has 9 heteroatoms. The Morgan fingerprint density at radius 3 is 2.56 bits per heavy atom. The van der Waals surface area contributed by atoms with E-state index < -0.39 is 41.5 Å². The molecule has 0 aliphatic heterocycles. The van der Waals surface area contributed by atoms with Crippen LogP contribution in [0, 0.1) is 24.4 Å². The first kappa shape index (κ1) is 18.4. The average molecular weight is 376 g/mol. The summed E-state index contributed by atoms with van der Waals surface area (Å²) < 4.78 is 41.3. The number of rotatable bonds is 5. The second kappa shape index (κ2) is 7.48. The number of aromatic nitrogens is 2. The lowest BCUT2D eigenvalue weighted by Crippen LogP contribution is -2.35. The molecule has 3 rings (SSSR count). The fraction of sp³-hybridized carbons (Fsp3) is 0.167. The predicted octanol–water partition coefficient (Wildman–Crippen LogP) is 2.52. The van der Waals surface area contributed by atoms with Crippen LogP contribution in [-0.2, 0) is 16.1 Å². The van der Waals surface area contributed by atoms with Crippen LogP contribution in [0.2, 0.25) is 0 Å². The number of amides is 2. The van der Waals surface area contributed by atoms with Crippen molar-refractivity contribution in [2.45, 2.75) is 13.5 Å². The van der Waals surface area contributed by atoms with Crippen molar-refractivity contribution in [2.75, 3.05) is 11.9 Å². The van der Waals surface area contributed by atoms with E-state index in [0.717, 1.165) is 17.1 Å². The highest BCUT2D eigenvalue weighted by Crippen LogP contribution is 2.19. The van der Waals surface area contributed by atoms with E-state index in [1.165, 1.54) is 0 Å². The van der Waals surface area contributed by atoms with Gasteiger partial charge < -0.3 is 15.2 Å². The maximum absolute atomic E-state index is 13.5. The molecule has 140 valence electrons. The number of carbonyl (C=O) groups is 2. The quantitative estimate of drug-likeness (QED) is 0.672. The highest BCUT2D eigenvalue weighted by atomic mass is 19.2. The summed E-state index contributed by atoms with van der Waals surface area (Å²) in [4.78, 5) is 28.3. The third-order valence-corrected chi connectivity index (χ3v) is 3.90. The number of nitrogens with one attached hydrogen (secondary N) is 2. The molecule has 27 heavy (non-hydrogen) atoms. The van der Waals surface area contributed by atoms with Gasteiger partial charge in [0.2, 0.25) is 11.8 Å². The van der Waals surface area contributed by atoms with Crippen LogP contribution < -0.4 is 10.6 Å². The molecule has 1 aromatic heterocycles. The second-order valence-electron chi connectivity index (χ2n) is 5.78. The highest BCUT2D eigenvalue weighted by molar-refractivity contribution is 5.94. The molecule has 0 fully saturated rings. The molecule has 0 saturated carbocycles. The number of aryl methyl sites for hydroxylation is 1. The maximum Gasteiger partial charge on any atom is 0.243 e. The lowest BCUT2D eigenvalue weighted by atomic mass is 10.2. The lowest BCUT2D eigenvalue weighted by molar-refractivity contribution is -0.124. The number of fused-ring (bicyclic) bond motifs is 1. The normalized spacial score (nSPS) is 10.8. The minimum Gasteiger partial charge on any atom is -0.345 e. The van der Waals surface area contributed by atoms with E-state index >= 15 is 0 Å². The maximum atomic E-state index is 13.5. The lowest BCUT2D eigenvalue weighted by Gasteiger charge is -2.10. The molecule has 0 spiro atoms. The zero-order chi connectivity index (χ0) is 19.6. The number of imidazole rings is 1. The van der Waals surface area contributed by atoms with Gasteiger partial charge in [-0.05, 0) is 31.2 Å². The van der Waals surface area contributed by atoms with Gasteiger partial charge in [0.25, 0.3) is 0 Å².